The zero-order valence-electron chi connectivity index (χ0n) is 11.1. The molecule has 2 rings (SSSR count). The molecule has 1 aromatic rings. The highest BCUT2D eigenvalue weighted by Crippen LogP contribution is 2.24. The van der Waals surface area contributed by atoms with Crippen LogP contribution in [0.3, 0.4) is 0 Å². The Balaban J connectivity index is 1.86. The number of carbonyl (C=O) groups excluding carboxylic acids is 1. The molecule has 0 unspecified atom stereocenters. The summed E-state index contributed by atoms with van der Waals surface area (Å²) in [6.07, 6.45) is 4.67. The van der Waals surface area contributed by atoms with E-state index in [9.17, 15) is 4.79 Å². The Morgan fingerprint density at radius 1 is 1.37 bits per heavy atom. The number of rotatable bonds is 4. The zero-order valence-corrected chi connectivity index (χ0v) is 11.9. The molecule has 0 spiro atoms. The first-order chi connectivity index (χ1) is 9.19. The molecule has 0 radical (unpaired) electrons. The van der Waals surface area contributed by atoms with Gasteiger partial charge in [0, 0.05) is 10.9 Å². The minimum absolute atomic E-state index is 0.103. The molecule has 1 fully saturated rings. The molecular formula is C15H18N2OS. The lowest BCUT2D eigenvalue weighted by Crippen LogP contribution is -2.37. The van der Waals surface area contributed by atoms with E-state index in [0.717, 1.165) is 17.7 Å². The van der Waals surface area contributed by atoms with Crippen molar-refractivity contribution in [3.8, 4) is 6.07 Å². The minimum atomic E-state index is -0.103. The monoisotopic (exact) mass is 274 g/mol. The molecule has 3 nitrogen and oxygen atoms in total. The van der Waals surface area contributed by atoms with Crippen molar-refractivity contribution in [3.05, 3.63) is 29.8 Å². The Labute approximate surface area is 118 Å². The van der Waals surface area contributed by atoms with Crippen molar-refractivity contribution in [3.63, 3.8) is 0 Å². The second-order valence-corrected chi connectivity index (χ2v) is 6.30. The summed E-state index contributed by atoms with van der Waals surface area (Å²) in [7, 11) is 0. The molecule has 1 saturated carbocycles. The van der Waals surface area contributed by atoms with Crippen LogP contribution in [0, 0.1) is 11.3 Å². The van der Waals surface area contributed by atoms with Gasteiger partial charge in [0.2, 0.25) is 5.91 Å². The van der Waals surface area contributed by atoms with Crippen LogP contribution in [0.25, 0.3) is 0 Å². The van der Waals surface area contributed by atoms with Gasteiger partial charge in [-0.15, -0.1) is 11.8 Å². The molecule has 0 saturated heterocycles. The van der Waals surface area contributed by atoms with Gasteiger partial charge in [0.25, 0.3) is 0 Å². The normalized spacial score (nSPS) is 16.8. The molecule has 1 amide bonds. The lowest BCUT2D eigenvalue weighted by Gasteiger charge is -2.16. The molecule has 19 heavy (non-hydrogen) atoms. The topological polar surface area (TPSA) is 52.9 Å². The average molecular weight is 274 g/mol. The summed E-state index contributed by atoms with van der Waals surface area (Å²) in [5.41, 5.74) is 0.646. The fraction of sp³-hybridized carbons (Fsp3) is 0.467. The van der Waals surface area contributed by atoms with Gasteiger partial charge in [0.15, 0.2) is 0 Å². The van der Waals surface area contributed by atoms with Crippen LogP contribution in [0.15, 0.2) is 29.2 Å². The van der Waals surface area contributed by atoms with Gasteiger partial charge in [0.05, 0.1) is 16.9 Å². The van der Waals surface area contributed by atoms with Crippen molar-refractivity contribution in [1.29, 1.82) is 5.26 Å². The van der Waals surface area contributed by atoms with Crippen LogP contribution < -0.4 is 5.32 Å². The fourth-order valence-electron chi connectivity index (χ4n) is 2.25. The number of thioether (sulfide) groups is 1. The molecule has 1 aromatic carbocycles. The quantitative estimate of drug-likeness (QED) is 0.858. The van der Waals surface area contributed by atoms with Crippen LogP contribution in [0.1, 0.15) is 38.2 Å². The average Bonchev–Trinajstić information content (AvgIpc) is 2.92. The van der Waals surface area contributed by atoms with Crippen molar-refractivity contribution in [2.45, 2.75) is 48.8 Å². The van der Waals surface area contributed by atoms with Crippen molar-refractivity contribution >= 4 is 17.7 Å². The number of hydrogen-bond acceptors (Lipinski definition) is 3. The third kappa shape index (κ3) is 4.00. The molecule has 1 aliphatic rings. The summed E-state index contributed by atoms with van der Waals surface area (Å²) in [5.74, 6) is 0.112. The van der Waals surface area contributed by atoms with Crippen molar-refractivity contribution in [2.75, 3.05) is 0 Å². The molecule has 0 aliphatic heterocycles. The molecule has 100 valence electrons. The minimum Gasteiger partial charge on any atom is -0.352 e. The van der Waals surface area contributed by atoms with E-state index in [0.29, 0.717) is 11.6 Å². The second kappa shape index (κ2) is 6.63. The molecule has 1 aliphatic carbocycles. The Bertz CT molecular complexity index is 472. The van der Waals surface area contributed by atoms with Gasteiger partial charge in [-0.2, -0.15) is 5.26 Å². The first kappa shape index (κ1) is 14.0. The van der Waals surface area contributed by atoms with E-state index >= 15 is 0 Å². The predicted octanol–water partition coefficient (Wildman–Crippen LogP) is 3.10. The van der Waals surface area contributed by atoms with Gasteiger partial charge < -0.3 is 5.32 Å². The molecule has 1 N–H and O–H groups in total. The Kier molecular flexibility index (Phi) is 4.86. The van der Waals surface area contributed by atoms with E-state index in [1.807, 2.05) is 19.1 Å². The lowest BCUT2D eigenvalue weighted by molar-refractivity contribution is -0.120. The van der Waals surface area contributed by atoms with Crippen LogP contribution in [-0.4, -0.2) is 17.2 Å². The highest BCUT2D eigenvalue weighted by molar-refractivity contribution is 8.00. The predicted molar refractivity (Wildman–Crippen MR) is 76.9 cm³/mol. The van der Waals surface area contributed by atoms with Gasteiger partial charge in [-0.3, -0.25) is 4.79 Å². The number of benzene rings is 1. The molecule has 0 heterocycles. The maximum atomic E-state index is 12.0. The number of nitriles is 1. The molecule has 4 heteroatoms. The smallest absolute Gasteiger partial charge is 0.233 e. The summed E-state index contributed by atoms with van der Waals surface area (Å²) in [6, 6.07) is 9.81. The fourth-order valence-corrected chi connectivity index (χ4v) is 3.13. The van der Waals surface area contributed by atoms with Gasteiger partial charge in [-0.05, 0) is 44.0 Å². The lowest BCUT2D eigenvalue weighted by atomic mass is 10.2. The largest absolute Gasteiger partial charge is 0.352 e. The highest BCUT2D eigenvalue weighted by atomic mass is 32.2. The zero-order chi connectivity index (χ0) is 13.7. The van der Waals surface area contributed by atoms with E-state index in [4.69, 9.17) is 5.26 Å². The summed E-state index contributed by atoms with van der Waals surface area (Å²) in [4.78, 5) is 13.1. The third-order valence-electron chi connectivity index (χ3n) is 3.37. The highest BCUT2D eigenvalue weighted by Gasteiger charge is 2.21. The molecular weight excluding hydrogens is 256 g/mol. The van der Waals surface area contributed by atoms with Crippen molar-refractivity contribution in [2.24, 2.45) is 0 Å². The Hall–Kier alpha value is -1.47. The summed E-state index contributed by atoms with van der Waals surface area (Å²) >= 11 is 1.53. The van der Waals surface area contributed by atoms with Gasteiger partial charge in [-0.1, -0.05) is 12.8 Å². The van der Waals surface area contributed by atoms with Gasteiger partial charge in [0.1, 0.15) is 0 Å². The van der Waals surface area contributed by atoms with Crippen molar-refractivity contribution < 1.29 is 4.79 Å². The van der Waals surface area contributed by atoms with Crippen LogP contribution in [0.4, 0.5) is 0 Å². The van der Waals surface area contributed by atoms with Crippen LogP contribution in [0.2, 0.25) is 0 Å². The molecule has 0 bridgehead atoms. The maximum Gasteiger partial charge on any atom is 0.233 e. The number of hydrogen-bond donors (Lipinski definition) is 1. The van der Waals surface area contributed by atoms with E-state index in [1.54, 1.807) is 12.1 Å². The summed E-state index contributed by atoms with van der Waals surface area (Å²) in [5, 5.41) is 11.7. The van der Waals surface area contributed by atoms with Crippen LogP contribution in [0.5, 0.6) is 0 Å². The summed E-state index contributed by atoms with van der Waals surface area (Å²) < 4.78 is 0. The first-order valence-electron chi connectivity index (χ1n) is 6.66. The first-order valence-corrected chi connectivity index (χ1v) is 7.54. The van der Waals surface area contributed by atoms with Gasteiger partial charge in [-0.25, -0.2) is 0 Å². The van der Waals surface area contributed by atoms with Crippen LogP contribution in [-0.2, 0) is 4.79 Å². The number of nitrogens with zero attached hydrogens (tertiary/aromatic N) is 1. The van der Waals surface area contributed by atoms with Crippen molar-refractivity contribution in [1.82, 2.24) is 5.32 Å². The number of carbonyl (C=O) groups is 1. The Morgan fingerprint density at radius 3 is 2.58 bits per heavy atom. The number of nitrogens with one attached hydrogen (secondary N) is 1. The van der Waals surface area contributed by atoms with Gasteiger partial charge >= 0.3 is 0 Å². The molecule has 0 aromatic heterocycles. The SMILES string of the molecule is C[C@H](Sc1ccc(C#N)cc1)C(=O)NC1CCCC1. The second-order valence-electron chi connectivity index (χ2n) is 4.89. The van der Waals surface area contributed by atoms with E-state index in [-0.39, 0.29) is 11.2 Å². The van der Waals surface area contributed by atoms with Crippen LogP contribution >= 0.6 is 11.8 Å². The van der Waals surface area contributed by atoms with E-state index in [2.05, 4.69) is 11.4 Å². The van der Waals surface area contributed by atoms with E-state index in [1.165, 1.54) is 24.6 Å². The molecule has 1 atom stereocenters. The Morgan fingerprint density at radius 2 is 2.00 bits per heavy atom. The third-order valence-corrected chi connectivity index (χ3v) is 4.48. The van der Waals surface area contributed by atoms with E-state index < -0.39 is 0 Å². The maximum absolute atomic E-state index is 12.0. The summed E-state index contributed by atoms with van der Waals surface area (Å²) in [6.45, 7) is 1.92. The number of amides is 1. The standard InChI is InChI=1S/C15H18N2OS/c1-11(15(18)17-13-4-2-3-5-13)19-14-8-6-12(10-16)7-9-14/h6-9,11,13H,2-5H2,1H3,(H,17,18)/t11-/m0/s1.